The van der Waals surface area contributed by atoms with E-state index < -0.39 is 5.54 Å². The third-order valence-electron chi connectivity index (χ3n) is 4.73. The van der Waals surface area contributed by atoms with E-state index in [2.05, 4.69) is 42.4 Å². The summed E-state index contributed by atoms with van der Waals surface area (Å²) in [5.74, 6) is 0.754. The maximum atomic E-state index is 12.4. The molecule has 1 aromatic rings. The van der Waals surface area contributed by atoms with E-state index in [1.807, 2.05) is 25.2 Å². The van der Waals surface area contributed by atoms with E-state index in [4.69, 9.17) is 5.73 Å². The Balaban J connectivity index is 1.72. The summed E-state index contributed by atoms with van der Waals surface area (Å²) in [4.78, 5) is 25.2. The quantitative estimate of drug-likeness (QED) is 0.682. The molecule has 1 amide bonds. The van der Waals surface area contributed by atoms with E-state index >= 15 is 0 Å². The molecule has 0 saturated carbocycles. The molecule has 1 aliphatic carbocycles. The molecule has 1 aliphatic heterocycles. The van der Waals surface area contributed by atoms with Gasteiger partial charge in [-0.25, -0.2) is 15.4 Å². The molecule has 7 nitrogen and oxygen atoms in total. The number of nitrogens with two attached hydrogens (primary N) is 1. The fourth-order valence-electron chi connectivity index (χ4n) is 3.24. The standard InChI is InChI=1S/C20H23BrN6O/c1-20(16(9-22)10-23-2)7-6-18(28)27(26-20)13-14-4-3-5-15(8-14)19-24-11-17(21)12-25-19/h3-7,9-12,14,26H,8,13,22H2,1-2H3. The van der Waals surface area contributed by atoms with Crippen molar-refractivity contribution >= 4 is 33.6 Å². The number of nitrogens with one attached hydrogen (secondary N) is 1. The van der Waals surface area contributed by atoms with E-state index in [0.29, 0.717) is 12.4 Å². The summed E-state index contributed by atoms with van der Waals surface area (Å²) in [5.41, 5.74) is 10.3. The third kappa shape index (κ3) is 4.45. The lowest BCUT2D eigenvalue weighted by Crippen LogP contribution is -2.58. The molecule has 8 heteroatoms. The predicted molar refractivity (Wildman–Crippen MR) is 114 cm³/mol. The number of nitrogens with zero attached hydrogens (tertiary/aromatic N) is 4. The molecule has 2 atom stereocenters. The molecule has 2 aliphatic rings. The Kier molecular flexibility index (Phi) is 6.21. The van der Waals surface area contributed by atoms with Crippen molar-refractivity contribution in [3.05, 3.63) is 64.8 Å². The van der Waals surface area contributed by atoms with Gasteiger partial charge >= 0.3 is 0 Å². The lowest BCUT2D eigenvalue weighted by atomic mass is 9.90. The van der Waals surface area contributed by atoms with Crippen molar-refractivity contribution in [2.24, 2.45) is 16.6 Å². The zero-order valence-electron chi connectivity index (χ0n) is 15.8. The zero-order chi connectivity index (χ0) is 20.1. The molecule has 1 aromatic heterocycles. The van der Waals surface area contributed by atoms with Crippen molar-refractivity contribution in [2.45, 2.75) is 18.9 Å². The van der Waals surface area contributed by atoms with Crippen LogP contribution in [0, 0.1) is 5.92 Å². The molecule has 0 fully saturated rings. The molecule has 3 rings (SSSR count). The molecule has 0 saturated heterocycles. The van der Waals surface area contributed by atoms with Gasteiger partial charge in [-0.1, -0.05) is 24.3 Å². The molecule has 3 N–H and O–H groups in total. The highest BCUT2D eigenvalue weighted by Crippen LogP contribution is 2.27. The number of rotatable bonds is 5. The lowest BCUT2D eigenvalue weighted by molar-refractivity contribution is -0.131. The van der Waals surface area contributed by atoms with E-state index in [1.54, 1.807) is 36.7 Å². The van der Waals surface area contributed by atoms with Crippen molar-refractivity contribution in [1.29, 1.82) is 0 Å². The molecule has 0 bridgehead atoms. The smallest absolute Gasteiger partial charge is 0.260 e. The number of allylic oxidation sites excluding steroid dienone is 3. The first-order valence-corrected chi connectivity index (χ1v) is 9.73. The molecule has 2 unspecified atom stereocenters. The van der Waals surface area contributed by atoms with E-state index in [9.17, 15) is 4.79 Å². The summed E-state index contributed by atoms with van der Waals surface area (Å²) in [6, 6.07) is 0. The van der Waals surface area contributed by atoms with Crippen LogP contribution >= 0.6 is 15.9 Å². The number of hydrazine groups is 1. The van der Waals surface area contributed by atoms with Crippen LogP contribution in [0.4, 0.5) is 0 Å². The number of hydrogen-bond acceptors (Lipinski definition) is 6. The molecule has 146 valence electrons. The minimum absolute atomic E-state index is 0.0910. The SMILES string of the molecule is CN=CC(=CN)C1(C)C=CC(=O)N(CC2C=CC=C(c3ncc(Br)cn3)C2)N1. The summed E-state index contributed by atoms with van der Waals surface area (Å²) in [6.45, 7) is 2.48. The van der Waals surface area contributed by atoms with Gasteiger partial charge in [0.2, 0.25) is 0 Å². The maximum Gasteiger partial charge on any atom is 0.260 e. The first-order valence-electron chi connectivity index (χ1n) is 8.93. The fraction of sp³-hybridized carbons (Fsp3) is 0.300. The second kappa shape index (κ2) is 8.62. The van der Waals surface area contributed by atoms with Crippen LogP contribution in [0.15, 0.2) is 64.0 Å². The molecular formula is C20H23BrN6O. The first kappa shape index (κ1) is 20.2. The highest BCUT2D eigenvalue weighted by molar-refractivity contribution is 9.10. The molecule has 0 radical (unpaired) electrons. The number of amides is 1. The Bertz CT molecular complexity index is 886. The van der Waals surface area contributed by atoms with Crippen LogP contribution in [0.25, 0.3) is 5.57 Å². The van der Waals surface area contributed by atoms with Crippen LogP contribution in [-0.4, -0.2) is 46.2 Å². The molecule has 2 heterocycles. The van der Waals surface area contributed by atoms with Crippen molar-refractivity contribution in [2.75, 3.05) is 13.6 Å². The minimum atomic E-state index is -0.603. The van der Waals surface area contributed by atoms with Crippen LogP contribution in [0.5, 0.6) is 0 Å². The summed E-state index contributed by atoms with van der Waals surface area (Å²) in [6.07, 6.45) is 16.9. The van der Waals surface area contributed by atoms with Gasteiger partial charge in [-0.15, -0.1) is 0 Å². The number of hydrogen-bond donors (Lipinski definition) is 2. The Labute approximate surface area is 172 Å². The predicted octanol–water partition coefficient (Wildman–Crippen LogP) is 2.40. The minimum Gasteiger partial charge on any atom is -0.404 e. The van der Waals surface area contributed by atoms with Crippen LogP contribution < -0.4 is 11.2 Å². The summed E-state index contributed by atoms with van der Waals surface area (Å²) in [5, 5.41) is 1.63. The van der Waals surface area contributed by atoms with Gasteiger partial charge in [0.1, 0.15) is 0 Å². The zero-order valence-corrected chi connectivity index (χ0v) is 17.4. The van der Waals surface area contributed by atoms with Gasteiger partial charge in [0, 0.05) is 56.0 Å². The second-order valence-corrected chi connectivity index (χ2v) is 7.79. The molecule has 0 aromatic carbocycles. The summed E-state index contributed by atoms with van der Waals surface area (Å²) < 4.78 is 0.841. The third-order valence-corrected chi connectivity index (χ3v) is 5.14. The molecule has 28 heavy (non-hydrogen) atoms. The van der Waals surface area contributed by atoms with Crippen molar-refractivity contribution in [3.63, 3.8) is 0 Å². The first-order chi connectivity index (χ1) is 13.4. The van der Waals surface area contributed by atoms with E-state index in [1.165, 1.54) is 6.20 Å². The number of aliphatic imine (C=N–C) groups is 1. The monoisotopic (exact) mass is 442 g/mol. The average Bonchev–Trinajstić information content (AvgIpc) is 2.70. The van der Waals surface area contributed by atoms with Gasteiger partial charge in [0.05, 0.1) is 10.0 Å². The number of carbonyl (C=O) groups is 1. The molecular weight excluding hydrogens is 420 g/mol. The van der Waals surface area contributed by atoms with Crippen LogP contribution in [0.1, 0.15) is 19.2 Å². The van der Waals surface area contributed by atoms with Crippen LogP contribution in [-0.2, 0) is 4.79 Å². The maximum absolute atomic E-state index is 12.4. The summed E-state index contributed by atoms with van der Waals surface area (Å²) in [7, 11) is 1.69. The topological polar surface area (TPSA) is 96.5 Å². The van der Waals surface area contributed by atoms with Gasteiger partial charge in [0.25, 0.3) is 5.91 Å². The largest absolute Gasteiger partial charge is 0.404 e. The van der Waals surface area contributed by atoms with E-state index in [0.717, 1.165) is 22.0 Å². The second-order valence-electron chi connectivity index (χ2n) is 6.87. The number of halogens is 1. The van der Waals surface area contributed by atoms with Gasteiger partial charge in [-0.05, 0) is 34.8 Å². The van der Waals surface area contributed by atoms with Gasteiger partial charge in [-0.2, -0.15) is 0 Å². The van der Waals surface area contributed by atoms with Gasteiger partial charge in [0.15, 0.2) is 5.82 Å². The average molecular weight is 443 g/mol. The Morgan fingerprint density at radius 2 is 2.25 bits per heavy atom. The Morgan fingerprint density at radius 1 is 1.50 bits per heavy atom. The van der Waals surface area contributed by atoms with Crippen molar-refractivity contribution < 1.29 is 4.79 Å². The fourth-order valence-corrected chi connectivity index (χ4v) is 3.44. The van der Waals surface area contributed by atoms with Crippen LogP contribution in [0.3, 0.4) is 0 Å². The Hall–Kier alpha value is -2.58. The lowest BCUT2D eigenvalue weighted by Gasteiger charge is -2.39. The van der Waals surface area contributed by atoms with Crippen LogP contribution in [0.2, 0.25) is 0 Å². The van der Waals surface area contributed by atoms with Gasteiger partial charge < -0.3 is 5.73 Å². The summed E-state index contributed by atoms with van der Waals surface area (Å²) >= 11 is 3.35. The van der Waals surface area contributed by atoms with E-state index in [-0.39, 0.29) is 11.8 Å². The highest BCUT2D eigenvalue weighted by Gasteiger charge is 2.33. The number of carbonyl (C=O) groups excluding carboxylic acids is 1. The highest BCUT2D eigenvalue weighted by atomic mass is 79.9. The van der Waals surface area contributed by atoms with Gasteiger partial charge in [-0.3, -0.25) is 14.8 Å². The van der Waals surface area contributed by atoms with Crippen molar-refractivity contribution in [3.8, 4) is 0 Å². The van der Waals surface area contributed by atoms with Crippen molar-refractivity contribution in [1.82, 2.24) is 20.4 Å². The normalized spacial score (nSPS) is 25.5. The number of aromatic nitrogens is 2. The molecule has 0 spiro atoms. The Morgan fingerprint density at radius 3 is 2.93 bits per heavy atom.